The van der Waals surface area contributed by atoms with Crippen molar-refractivity contribution in [2.24, 2.45) is 0 Å². The standard InChI is InChI=1S/C10H10N2O6/c1-17-9(13)5-18-10(14)6-2-3-7(11)8(4-6)12(15)16/h2-4H,5,11H2,1H3. The molecule has 0 bridgehead atoms. The van der Waals surface area contributed by atoms with E-state index in [9.17, 15) is 19.7 Å². The number of nitrogen functional groups attached to an aromatic ring is 1. The highest BCUT2D eigenvalue weighted by Crippen LogP contribution is 2.22. The number of nitrogens with zero attached hydrogens (tertiary/aromatic N) is 1. The smallest absolute Gasteiger partial charge is 0.344 e. The summed E-state index contributed by atoms with van der Waals surface area (Å²) in [5.74, 6) is -1.60. The monoisotopic (exact) mass is 254 g/mol. The first-order chi connectivity index (χ1) is 8.45. The third-order valence-corrected chi connectivity index (χ3v) is 2.01. The van der Waals surface area contributed by atoms with Crippen LogP contribution in [-0.4, -0.2) is 30.6 Å². The molecule has 0 aliphatic heterocycles. The van der Waals surface area contributed by atoms with E-state index in [-0.39, 0.29) is 11.3 Å². The van der Waals surface area contributed by atoms with Crippen LogP contribution in [-0.2, 0) is 14.3 Å². The molecule has 8 nitrogen and oxygen atoms in total. The predicted molar refractivity (Wildman–Crippen MR) is 59.8 cm³/mol. The van der Waals surface area contributed by atoms with E-state index in [2.05, 4.69) is 9.47 Å². The fourth-order valence-corrected chi connectivity index (χ4v) is 1.10. The van der Waals surface area contributed by atoms with Crippen molar-refractivity contribution in [2.45, 2.75) is 0 Å². The molecule has 0 aliphatic rings. The normalized spacial score (nSPS) is 9.61. The van der Waals surface area contributed by atoms with Crippen molar-refractivity contribution in [2.75, 3.05) is 19.5 Å². The minimum atomic E-state index is -0.872. The molecular weight excluding hydrogens is 244 g/mol. The first-order valence-corrected chi connectivity index (χ1v) is 4.73. The van der Waals surface area contributed by atoms with Gasteiger partial charge in [-0.25, -0.2) is 9.59 Å². The minimum absolute atomic E-state index is 0.0653. The molecule has 0 saturated carbocycles. The number of benzene rings is 1. The van der Waals surface area contributed by atoms with E-state index in [1.54, 1.807) is 0 Å². The summed E-state index contributed by atoms with van der Waals surface area (Å²) >= 11 is 0. The number of carbonyl (C=O) groups is 2. The molecule has 0 amide bonds. The van der Waals surface area contributed by atoms with Crippen LogP contribution < -0.4 is 5.73 Å². The molecule has 0 radical (unpaired) electrons. The Morgan fingerprint density at radius 2 is 2.11 bits per heavy atom. The Hall–Kier alpha value is -2.64. The summed E-state index contributed by atoms with van der Waals surface area (Å²) < 4.78 is 8.85. The van der Waals surface area contributed by atoms with Crippen LogP contribution in [0.4, 0.5) is 11.4 Å². The van der Waals surface area contributed by atoms with Gasteiger partial charge in [-0.15, -0.1) is 0 Å². The molecule has 0 unspecified atom stereocenters. The van der Waals surface area contributed by atoms with Gasteiger partial charge in [0.15, 0.2) is 6.61 Å². The third-order valence-electron chi connectivity index (χ3n) is 2.01. The Balaban J connectivity index is 2.84. The van der Waals surface area contributed by atoms with Crippen molar-refractivity contribution in [1.82, 2.24) is 0 Å². The molecule has 18 heavy (non-hydrogen) atoms. The fourth-order valence-electron chi connectivity index (χ4n) is 1.10. The zero-order chi connectivity index (χ0) is 13.7. The van der Waals surface area contributed by atoms with E-state index in [1.165, 1.54) is 12.1 Å². The van der Waals surface area contributed by atoms with Gasteiger partial charge in [-0.05, 0) is 12.1 Å². The summed E-state index contributed by atoms with van der Waals surface area (Å²) in [4.78, 5) is 32.1. The second-order valence-corrected chi connectivity index (χ2v) is 3.18. The van der Waals surface area contributed by atoms with E-state index in [1.807, 2.05) is 0 Å². The molecule has 1 rings (SSSR count). The maximum absolute atomic E-state index is 11.5. The van der Waals surface area contributed by atoms with Crippen molar-refractivity contribution in [3.05, 3.63) is 33.9 Å². The van der Waals surface area contributed by atoms with Crippen molar-refractivity contribution in [3.8, 4) is 0 Å². The van der Waals surface area contributed by atoms with Crippen LogP contribution >= 0.6 is 0 Å². The van der Waals surface area contributed by atoms with Gasteiger partial charge in [0.05, 0.1) is 17.6 Å². The van der Waals surface area contributed by atoms with E-state index >= 15 is 0 Å². The van der Waals surface area contributed by atoms with Gasteiger partial charge in [0.2, 0.25) is 0 Å². The van der Waals surface area contributed by atoms with E-state index in [4.69, 9.17) is 5.73 Å². The highest BCUT2D eigenvalue weighted by atomic mass is 16.6. The molecule has 96 valence electrons. The van der Waals surface area contributed by atoms with Crippen LogP contribution in [0.5, 0.6) is 0 Å². The van der Waals surface area contributed by atoms with Crippen molar-refractivity contribution >= 4 is 23.3 Å². The van der Waals surface area contributed by atoms with E-state index in [0.29, 0.717) is 0 Å². The Morgan fingerprint density at radius 1 is 1.44 bits per heavy atom. The number of rotatable bonds is 4. The van der Waals surface area contributed by atoms with Gasteiger partial charge in [0.25, 0.3) is 5.69 Å². The van der Waals surface area contributed by atoms with Crippen molar-refractivity contribution in [1.29, 1.82) is 0 Å². The number of nitro groups is 1. The van der Waals surface area contributed by atoms with Gasteiger partial charge in [0.1, 0.15) is 5.69 Å². The summed E-state index contributed by atoms with van der Waals surface area (Å²) in [6.45, 7) is -0.562. The number of nitro benzene ring substituents is 1. The third kappa shape index (κ3) is 3.17. The molecule has 0 fully saturated rings. The zero-order valence-electron chi connectivity index (χ0n) is 9.41. The fraction of sp³-hybridized carbons (Fsp3) is 0.200. The lowest BCUT2D eigenvalue weighted by Crippen LogP contribution is -2.15. The number of ether oxygens (including phenoxy) is 2. The molecule has 8 heteroatoms. The highest BCUT2D eigenvalue weighted by molar-refractivity contribution is 5.92. The Morgan fingerprint density at radius 3 is 2.67 bits per heavy atom. The number of anilines is 1. The average Bonchev–Trinajstić information content (AvgIpc) is 2.35. The van der Waals surface area contributed by atoms with Crippen LogP contribution in [0.25, 0.3) is 0 Å². The second kappa shape index (κ2) is 5.62. The Kier molecular flexibility index (Phi) is 4.19. The summed E-state index contributed by atoms with van der Waals surface area (Å²) in [7, 11) is 1.14. The molecule has 0 heterocycles. The van der Waals surface area contributed by atoms with Crippen LogP contribution in [0.2, 0.25) is 0 Å². The molecule has 0 spiro atoms. The number of hydrogen-bond donors (Lipinski definition) is 1. The summed E-state index contributed by atoms with van der Waals surface area (Å²) in [6.07, 6.45) is 0. The van der Waals surface area contributed by atoms with Crippen LogP contribution in [0.15, 0.2) is 18.2 Å². The highest BCUT2D eigenvalue weighted by Gasteiger charge is 2.17. The molecular formula is C10H10N2O6. The topological polar surface area (TPSA) is 122 Å². The maximum atomic E-state index is 11.5. The number of methoxy groups -OCH3 is 1. The minimum Gasteiger partial charge on any atom is -0.466 e. The number of nitrogens with two attached hydrogens (primary N) is 1. The Bertz CT molecular complexity index is 499. The molecule has 1 aromatic rings. The number of carbonyl (C=O) groups excluding carboxylic acids is 2. The van der Waals surface area contributed by atoms with Gasteiger partial charge in [-0.3, -0.25) is 10.1 Å². The van der Waals surface area contributed by atoms with Gasteiger partial charge in [-0.1, -0.05) is 0 Å². The lowest BCUT2D eigenvalue weighted by atomic mass is 10.2. The zero-order valence-corrected chi connectivity index (χ0v) is 9.41. The van der Waals surface area contributed by atoms with Gasteiger partial charge in [-0.2, -0.15) is 0 Å². The lowest BCUT2D eigenvalue weighted by Gasteiger charge is -2.04. The van der Waals surface area contributed by atoms with Gasteiger partial charge >= 0.3 is 11.9 Å². The van der Waals surface area contributed by atoms with Gasteiger partial charge < -0.3 is 15.2 Å². The van der Waals surface area contributed by atoms with Crippen LogP contribution in [0.3, 0.4) is 0 Å². The molecule has 0 aliphatic carbocycles. The van der Waals surface area contributed by atoms with E-state index in [0.717, 1.165) is 13.2 Å². The first kappa shape index (κ1) is 13.4. The van der Waals surface area contributed by atoms with Crippen molar-refractivity contribution < 1.29 is 24.0 Å². The molecule has 0 atom stereocenters. The van der Waals surface area contributed by atoms with Crippen LogP contribution in [0.1, 0.15) is 10.4 Å². The van der Waals surface area contributed by atoms with Crippen LogP contribution in [0, 0.1) is 10.1 Å². The molecule has 1 aromatic carbocycles. The molecule has 0 saturated heterocycles. The second-order valence-electron chi connectivity index (χ2n) is 3.18. The molecule has 2 N–H and O–H groups in total. The summed E-state index contributed by atoms with van der Waals surface area (Å²) in [5.41, 5.74) is 4.83. The molecule has 0 aromatic heterocycles. The SMILES string of the molecule is COC(=O)COC(=O)c1ccc(N)c([N+](=O)[O-])c1. The Labute approximate surface area is 101 Å². The summed E-state index contributed by atoms with van der Waals surface area (Å²) in [6, 6.07) is 3.46. The number of hydrogen-bond acceptors (Lipinski definition) is 7. The van der Waals surface area contributed by atoms with E-state index < -0.39 is 29.2 Å². The largest absolute Gasteiger partial charge is 0.466 e. The quantitative estimate of drug-likeness (QED) is 0.359. The predicted octanol–water partition coefficient (Wildman–Crippen LogP) is 0.507. The lowest BCUT2D eigenvalue weighted by molar-refractivity contribution is -0.383. The van der Waals surface area contributed by atoms with Crippen molar-refractivity contribution in [3.63, 3.8) is 0 Å². The average molecular weight is 254 g/mol. The first-order valence-electron chi connectivity index (χ1n) is 4.73. The van der Waals surface area contributed by atoms with Gasteiger partial charge in [0, 0.05) is 6.07 Å². The number of esters is 2. The maximum Gasteiger partial charge on any atom is 0.344 e. The summed E-state index contributed by atoms with van der Waals surface area (Å²) in [5, 5.41) is 10.6.